The van der Waals surface area contributed by atoms with Crippen LogP contribution in [0.4, 0.5) is 0 Å². The second kappa shape index (κ2) is 5.45. The van der Waals surface area contributed by atoms with Crippen molar-refractivity contribution in [2.24, 2.45) is 5.92 Å². The molecule has 0 aliphatic carbocycles. The number of piperidine rings is 1. The number of hydrogen-bond donors (Lipinski definition) is 2. The van der Waals surface area contributed by atoms with E-state index in [0.717, 1.165) is 48.8 Å². The Balaban J connectivity index is 2.00. The van der Waals surface area contributed by atoms with Crippen molar-refractivity contribution in [1.29, 1.82) is 0 Å². The van der Waals surface area contributed by atoms with E-state index < -0.39 is 0 Å². The van der Waals surface area contributed by atoms with E-state index >= 15 is 0 Å². The van der Waals surface area contributed by atoms with Crippen LogP contribution in [0.5, 0.6) is 0 Å². The lowest BCUT2D eigenvalue weighted by molar-refractivity contribution is 0.353. The third kappa shape index (κ3) is 3.16. The molecule has 2 heterocycles. The summed E-state index contributed by atoms with van der Waals surface area (Å²) in [5.41, 5.74) is 2.85. The summed E-state index contributed by atoms with van der Waals surface area (Å²) in [6, 6.07) is 0. The van der Waals surface area contributed by atoms with Crippen molar-refractivity contribution in [3.8, 4) is 0 Å². The third-order valence-electron chi connectivity index (χ3n) is 3.77. The highest BCUT2D eigenvalue weighted by Crippen LogP contribution is 2.19. The first-order chi connectivity index (χ1) is 8.16. The molecular formula is C13H21N3O. The lowest BCUT2D eigenvalue weighted by Crippen LogP contribution is -2.28. The quantitative estimate of drug-likeness (QED) is 0.830. The zero-order chi connectivity index (χ0) is 12.3. The zero-order valence-electron chi connectivity index (χ0n) is 10.7. The van der Waals surface area contributed by atoms with Gasteiger partial charge in [-0.05, 0) is 64.1 Å². The van der Waals surface area contributed by atoms with E-state index in [4.69, 9.17) is 0 Å². The summed E-state index contributed by atoms with van der Waals surface area (Å²) in [4.78, 5) is 18.2. The Kier molecular flexibility index (Phi) is 3.94. The summed E-state index contributed by atoms with van der Waals surface area (Å²) in [5, 5.41) is 3.37. The van der Waals surface area contributed by atoms with Crippen LogP contribution >= 0.6 is 0 Å². The molecule has 94 valence electrons. The molecule has 4 heteroatoms. The number of aryl methyl sites for hydroxylation is 2. The highest BCUT2D eigenvalue weighted by Gasteiger charge is 2.14. The van der Waals surface area contributed by atoms with Gasteiger partial charge in [0.25, 0.3) is 0 Å². The van der Waals surface area contributed by atoms with Gasteiger partial charge in [0.05, 0.1) is 5.69 Å². The predicted octanol–water partition coefficient (Wildman–Crippen LogP) is 1.32. The van der Waals surface area contributed by atoms with E-state index in [1.54, 1.807) is 0 Å². The van der Waals surface area contributed by atoms with E-state index in [1.165, 1.54) is 12.8 Å². The van der Waals surface area contributed by atoms with E-state index in [0.29, 0.717) is 0 Å². The van der Waals surface area contributed by atoms with Crippen LogP contribution in [0.15, 0.2) is 4.79 Å². The van der Waals surface area contributed by atoms with Gasteiger partial charge in [-0.2, -0.15) is 4.98 Å². The van der Waals surface area contributed by atoms with Crippen molar-refractivity contribution in [2.75, 3.05) is 13.1 Å². The van der Waals surface area contributed by atoms with E-state index in [2.05, 4.69) is 15.3 Å². The number of aromatic amines is 1. The molecule has 1 fully saturated rings. The van der Waals surface area contributed by atoms with Crippen LogP contribution in [0, 0.1) is 19.8 Å². The van der Waals surface area contributed by atoms with Crippen LogP contribution in [0.2, 0.25) is 0 Å². The normalized spacial score (nSPS) is 17.3. The molecule has 1 aromatic rings. The molecule has 0 radical (unpaired) electrons. The Morgan fingerprint density at radius 2 is 2.00 bits per heavy atom. The van der Waals surface area contributed by atoms with Gasteiger partial charge in [0.15, 0.2) is 0 Å². The fourth-order valence-electron chi connectivity index (χ4n) is 2.46. The first-order valence-corrected chi connectivity index (χ1v) is 6.44. The number of H-pyrrole nitrogens is 1. The second-order valence-corrected chi connectivity index (χ2v) is 4.97. The average molecular weight is 235 g/mol. The highest BCUT2D eigenvalue weighted by atomic mass is 16.1. The van der Waals surface area contributed by atoms with Crippen LogP contribution in [-0.4, -0.2) is 23.1 Å². The maximum atomic E-state index is 11.3. The minimum Gasteiger partial charge on any atom is -0.317 e. The summed E-state index contributed by atoms with van der Waals surface area (Å²) in [6.45, 7) is 6.24. The average Bonchev–Trinajstić information content (AvgIpc) is 2.33. The molecule has 0 atom stereocenters. The molecule has 1 aliphatic heterocycles. The zero-order valence-corrected chi connectivity index (χ0v) is 10.7. The fraction of sp³-hybridized carbons (Fsp3) is 0.692. The summed E-state index contributed by atoms with van der Waals surface area (Å²) in [6.07, 6.45) is 4.59. The standard InChI is InChI=1S/C13H21N3O/c1-9-10(2)15-13(17)16-12(9)4-3-11-5-7-14-8-6-11/h11,14H,3-8H2,1-2H3,(H,15,16,17). The maximum absolute atomic E-state index is 11.3. The van der Waals surface area contributed by atoms with Gasteiger partial charge >= 0.3 is 5.69 Å². The van der Waals surface area contributed by atoms with Crippen LogP contribution in [-0.2, 0) is 6.42 Å². The minimum absolute atomic E-state index is 0.214. The molecule has 0 amide bonds. The van der Waals surface area contributed by atoms with Crippen LogP contribution in [0.25, 0.3) is 0 Å². The monoisotopic (exact) mass is 235 g/mol. The number of nitrogens with one attached hydrogen (secondary N) is 2. The molecule has 0 bridgehead atoms. The molecule has 0 aromatic carbocycles. The van der Waals surface area contributed by atoms with Crippen molar-refractivity contribution >= 4 is 0 Å². The Hall–Kier alpha value is -1.16. The molecular weight excluding hydrogens is 214 g/mol. The minimum atomic E-state index is -0.214. The maximum Gasteiger partial charge on any atom is 0.345 e. The predicted molar refractivity (Wildman–Crippen MR) is 68.2 cm³/mol. The van der Waals surface area contributed by atoms with Crippen LogP contribution in [0.1, 0.15) is 36.2 Å². The smallest absolute Gasteiger partial charge is 0.317 e. The van der Waals surface area contributed by atoms with Crippen molar-refractivity contribution in [1.82, 2.24) is 15.3 Å². The van der Waals surface area contributed by atoms with Crippen molar-refractivity contribution in [3.05, 3.63) is 27.4 Å². The first-order valence-electron chi connectivity index (χ1n) is 6.44. The Bertz CT molecular complexity index is 433. The van der Waals surface area contributed by atoms with Gasteiger partial charge in [0.2, 0.25) is 0 Å². The molecule has 0 saturated carbocycles. The third-order valence-corrected chi connectivity index (χ3v) is 3.77. The fourth-order valence-corrected chi connectivity index (χ4v) is 2.46. The summed E-state index contributed by atoms with van der Waals surface area (Å²) < 4.78 is 0. The summed E-state index contributed by atoms with van der Waals surface area (Å²) in [5.74, 6) is 0.789. The second-order valence-electron chi connectivity index (χ2n) is 4.97. The molecule has 0 unspecified atom stereocenters. The lowest BCUT2D eigenvalue weighted by Gasteiger charge is -2.22. The van der Waals surface area contributed by atoms with Crippen molar-refractivity contribution in [3.63, 3.8) is 0 Å². The van der Waals surface area contributed by atoms with E-state index in [1.807, 2.05) is 13.8 Å². The van der Waals surface area contributed by atoms with Crippen LogP contribution < -0.4 is 11.0 Å². The summed E-state index contributed by atoms with van der Waals surface area (Å²) in [7, 11) is 0. The molecule has 1 aliphatic rings. The van der Waals surface area contributed by atoms with E-state index in [9.17, 15) is 4.79 Å². The van der Waals surface area contributed by atoms with Crippen molar-refractivity contribution < 1.29 is 0 Å². The highest BCUT2D eigenvalue weighted by molar-refractivity contribution is 5.21. The number of rotatable bonds is 3. The van der Waals surface area contributed by atoms with Crippen molar-refractivity contribution in [2.45, 2.75) is 39.5 Å². The van der Waals surface area contributed by atoms with Gasteiger partial charge in [-0.25, -0.2) is 4.79 Å². The molecule has 4 nitrogen and oxygen atoms in total. The van der Waals surface area contributed by atoms with Gasteiger partial charge in [-0.1, -0.05) is 0 Å². The van der Waals surface area contributed by atoms with Gasteiger partial charge in [-0.3, -0.25) is 0 Å². The van der Waals surface area contributed by atoms with Gasteiger partial charge in [-0.15, -0.1) is 0 Å². The number of hydrogen-bond acceptors (Lipinski definition) is 3. The molecule has 0 spiro atoms. The Labute approximate surface area is 102 Å². The summed E-state index contributed by atoms with van der Waals surface area (Å²) >= 11 is 0. The van der Waals surface area contributed by atoms with Gasteiger partial charge in [0.1, 0.15) is 0 Å². The largest absolute Gasteiger partial charge is 0.345 e. The lowest BCUT2D eigenvalue weighted by atomic mass is 9.92. The molecule has 2 N–H and O–H groups in total. The first kappa shape index (κ1) is 12.3. The number of nitrogens with zero attached hydrogens (tertiary/aromatic N) is 1. The SMILES string of the molecule is Cc1[nH]c(=O)nc(CCC2CCNCC2)c1C. The number of aromatic nitrogens is 2. The topological polar surface area (TPSA) is 57.8 Å². The molecule has 17 heavy (non-hydrogen) atoms. The van der Waals surface area contributed by atoms with Gasteiger partial charge in [0, 0.05) is 5.69 Å². The Morgan fingerprint density at radius 3 is 2.71 bits per heavy atom. The molecule has 2 rings (SSSR count). The molecule has 1 saturated heterocycles. The molecule has 1 aromatic heterocycles. The van der Waals surface area contributed by atoms with Gasteiger partial charge < -0.3 is 10.3 Å². The Morgan fingerprint density at radius 1 is 1.29 bits per heavy atom. The van der Waals surface area contributed by atoms with Crippen LogP contribution in [0.3, 0.4) is 0 Å². The van der Waals surface area contributed by atoms with E-state index in [-0.39, 0.29) is 5.69 Å².